The predicted octanol–water partition coefficient (Wildman–Crippen LogP) is 4.29. The quantitative estimate of drug-likeness (QED) is 0.507. The summed E-state index contributed by atoms with van der Waals surface area (Å²) in [5, 5.41) is 14.7. The first-order valence-corrected chi connectivity index (χ1v) is 9.40. The third kappa shape index (κ3) is 5.59. The molecular weight excluding hydrogens is 409 g/mol. The second-order valence-electron chi connectivity index (χ2n) is 6.15. The molecule has 1 atom stereocenters. The third-order valence-electron chi connectivity index (χ3n) is 4.22. The van der Waals surface area contributed by atoms with Crippen molar-refractivity contribution in [3.63, 3.8) is 0 Å². The first kappa shape index (κ1) is 21.5. The van der Waals surface area contributed by atoms with Crippen LogP contribution in [0.25, 0.3) is 0 Å². The lowest BCUT2D eigenvalue weighted by atomic mass is 10.1. The number of nitrogens with two attached hydrogens (primary N) is 1. The lowest BCUT2D eigenvalue weighted by Gasteiger charge is -2.17. The molecule has 9 heteroatoms. The first-order valence-electron chi connectivity index (χ1n) is 8.20. The van der Waals surface area contributed by atoms with Crippen LogP contribution in [0, 0.1) is 16.0 Å². The van der Waals surface area contributed by atoms with Gasteiger partial charge in [0.1, 0.15) is 0 Å². The normalized spacial score (nSPS) is 14.1. The standard InChI is InChI=1S/C18H18ClN3O3S.ClH/c19-12-3-6-14(7-4-12)26-17-8-5-13(22(24)25)9-15(17)18(23)21-16(10-20)11-1-2-11;/h3-9,11,16H,1-2,10,20H2,(H,21,23);1H. The number of nitro groups is 1. The number of nitro benzene ring substituents is 1. The monoisotopic (exact) mass is 427 g/mol. The van der Waals surface area contributed by atoms with E-state index in [1.54, 1.807) is 18.2 Å². The van der Waals surface area contributed by atoms with Gasteiger partial charge in [-0.15, -0.1) is 12.4 Å². The predicted molar refractivity (Wildman–Crippen MR) is 109 cm³/mol. The molecular formula is C18H19Cl2N3O3S. The fourth-order valence-corrected chi connectivity index (χ4v) is 3.69. The molecule has 2 aromatic carbocycles. The van der Waals surface area contributed by atoms with Crippen LogP contribution in [-0.4, -0.2) is 23.4 Å². The van der Waals surface area contributed by atoms with Crippen molar-refractivity contribution in [2.45, 2.75) is 28.7 Å². The van der Waals surface area contributed by atoms with Gasteiger partial charge in [-0.25, -0.2) is 0 Å². The average molecular weight is 428 g/mol. The fraction of sp³-hybridized carbons (Fsp3) is 0.278. The maximum Gasteiger partial charge on any atom is 0.270 e. The summed E-state index contributed by atoms with van der Waals surface area (Å²) in [4.78, 5) is 24.9. The Morgan fingerprint density at radius 2 is 1.96 bits per heavy atom. The second-order valence-corrected chi connectivity index (χ2v) is 7.70. The summed E-state index contributed by atoms with van der Waals surface area (Å²) in [7, 11) is 0. The first-order chi connectivity index (χ1) is 12.5. The van der Waals surface area contributed by atoms with Crippen LogP contribution in [0.2, 0.25) is 5.02 Å². The zero-order chi connectivity index (χ0) is 18.7. The maximum absolute atomic E-state index is 12.8. The zero-order valence-electron chi connectivity index (χ0n) is 14.3. The van der Waals surface area contributed by atoms with E-state index in [0.29, 0.717) is 22.4 Å². The Kier molecular flexibility index (Phi) is 7.49. The molecule has 0 radical (unpaired) electrons. The van der Waals surface area contributed by atoms with Crippen molar-refractivity contribution in [3.8, 4) is 0 Å². The largest absolute Gasteiger partial charge is 0.348 e. The molecule has 1 aliphatic carbocycles. The van der Waals surface area contributed by atoms with E-state index >= 15 is 0 Å². The number of carbonyl (C=O) groups is 1. The molecule has 1 amide bonds. The Hall–Kier alpha value is -1.80. The van der Waals surface area contributed by atoms with Gasteiger partial charge in [0.25, 0.3) is 11.6 Å². The molecule has 1 fully saturated rings. The van der Waals surface area contributed by atoms with Crippen molar-refractivity contribution in [2.24, 2.45) is 11.7 Å². The van der Waals surface area contributed by atoms with Crippen LogP contribution in [0.15, 0.2) is 52.3 Å². The number of rotatable bonds is 7. The van der Waals surface area contributed by atoms with Crippen LogP contribution in [0.3, 0.4) is 0 Å². The minimum Gasteiger partial charge on any atom is -0.348 e. The molecule has 6 nitrogen and oxygen atoms in total. The Balaban J connectivity index is 0.00000261. The summed E-state index contributed by atoms with van der Waals surface area (Å²) in [5.74, 6) is 0.0579. The third-order valence-corrected chi connectivity index (χ3v) is 5.56. The van der Waals surface area contributed by atoms with Gasteiger partial charge in [0.15, 0.2) is 0 Å². The summed E-state index contributed by atoms with van der Waals surface area (Å²) < 4.78 is 0. The molecule has 3 N–H and O–H groups in total. The van der Waals surface area contributed by atoms with Crippen LogP contribution >= 0.6 is 35.8 Å². The Bertz CT molecular complexity index is 829. The highest BCUT2D eigenvalue weighted by Gasteiger charge is 2.32. The Labute approximate surface area is 172 Å². The molecule has 0 spiro atoms. The highest BCUT2D eigenvalue weighted by molar-refractivity contribution is 7.99. The maximum atomic E-state index is 12.8. The Morgan fingerprint density at radius 3 is 2.52 bits per heavy atom. The number of non-ortho nitro benzene ring substituents is 1. The zero-order valence-corrected chi connectivity index (χ0v) is 16.7. The molecule has 1 aliphatic rings. The molecule has 2 aromatic rings. The minimum atomic E-state index is -0.505. The molecule has 0 bridgehead atoms. The minimum absolute atomic E-state index is 0. The summed E-state index contributed by atoms with van der Waals surface area (Å²) in [6.45, 7) is 0.352. The number of hydrogen-bond donors (Lipinski definition) is 2. The van der Waals surface area contributed by atoms with Crippen molar-refractivity contribution in [3.05, 3.63) is 63.2 Å². The smallest absolute Gasteiger partial charge is 0.270 e. The summed E-state index contributed by atoms with van der Waals surface area (Å²) in [5.41, 5.74) is 5.91. The van der Waals surface area contributed by atoms with E-state index in [9.17, 15) is 14.9 Å². The van der Waals surface area contributed by atoms with E-state index in [1.807, 2.05) is 12.1 Å². The van der Waals surface area contributed by atoms with Crippen molar-refractivity contribution in [1.82, 2.24) is 5.32 Å². The van der Waals surface area contributed by atoms with Gasteiger partial charge in [-0.3, -0.25) is 14.9 Å². The van der Waals surface area contributed by atoms with Crippen LogP contribution in [0.5, 0.6) is 0 Å². The van der Waals surface area contributed by atoms with Crippen LogP contribution in [-0.2, 0) is 0 Å². The highest BCUT2D eigenvalue weighted by atomic mass is 35.5. The van der Waals surface area contributed by atoms with Crippen LogP contribution in [0.1, 0.15) is 23.2 Å². The van der Waals surface area contributed by atoms with Gasteiger partial charge < -0.3 is 11.1 Å². The molecule has 1 unspecified atom stereocenters. The number of carbonyl (C=O) groups excluding carboxylic acids is 1. The van der Waals surface area contributed by atoms with Gasteiger partial charge in [0.2, 0.25) is 0 Å². The van der Waals surface area contributed by atoms with Crippen LogP contribution < -0.4 is 11.1 Å². The van der Waals surface area contributed by atoms with Crippen molar-refractivity contribution in [1.29, 1.82) is 0 Å². The van der Waals surface area contributed by atoms with Gasteiger partial charge in [0, 0.05) is 39.5 Å². The number of halogens is 2. The van der Waals surface area contributed by atoms with Crippen molar-refractivity contribution >= 4 is 47.4 Å². The van der Waals surface area contributed by atoms with Crippen molar-refractivity contribution in [2.75, 3.05) is 6.54 Å². The van der Waals surface area contributed by atoms with Crippen LogP contribution in [0.4, 0.5) is 5.69 Å². The molecule has 3 rings (SSSR count). The van der Waals surface area contributed by atoms with E-state index in [0.717, 1.165) is 17.7 Å². The summed E-state index contributed by atoms with van der Waals surface area (Å²) >= 11 is 7.26. The highest BCUT2D eigenvalue weighted by Crippen LogP contribution is 2.35. The SMILES string of the molecule is Cl.NCC(NC(=O)c1cc([N+](=O)[O-])ccc1Sc1ccc(Cl)cc1)C1CC1. The van der Waals surface area contributed by atoms with E-state index < -0.39 is 4.92 Å². The van der Waals surface area contributed by atoms with Gasteiger partial charge in [0.05, 0.1) is 10.5 Å². The van der Waals surface area contributed by atoms with E-state index in [1.165, 1.54) is 23.9 Å². The van der Waals surface area contributed by atoms with E-state index in [2.05, 4.69) is 5.32 Å². The van der Waals surface area contributed by atoms with Gasteiger partial charge in [-0.1, -0.05) is 23.4 Å². The van der Waals surface area contributed by atoms with Gasteiger partial charge >= 0.3 is 0 Å². The lowest BCUT2D eigenvalue weighted by Crippen LogP contribution is -2.41. The molecule has 144 valence electrons. The molecule has 27 heavy (non-hydrogen) atoms. The van der Waals surface area contributed by atoms with E-state index in [-0.39, 0.29) is 35.6 Å². The molecule has 0 heterocycles. The number of hydrogen-bond acceptors (Lipinski definition) is 5. The van der Waals surface area contributed by atoms with Gasteiger partial charge in [-0.05, 0) is 49.1 Å². The lowest BCUT2D eigenvalue weighted by molar-refractivity contribution is -0.384. The van der Waals surface area contributed by atoms with Crippen molar-refractivity contribution < 1.29 is 9.72 Å². The number of benzene rings is 2. The number of amides is 1. The molecule has 0 aromatic heterocycles. The number of nitrogens with zero attached hydrogens (tertiary/aromatic N) is 1. The molecule has 0 aliphatic heterocycles. The topological polar surface area (TPSA) is 98.3 Å². The molecule has 0 saturated heterocycles. The summed E-state index contributed by atoms with van der Waals surface area (Å²) in [6, 6.07) is 11.4. The summed E-state index contributed by atoms with van der Waals surface area (Å²) in [6.07, 6.45) is 2.09. The van der Waals surface area contributed by atoms with Gasteiger partial charge in [-0.2, -0.15) is 0 Å². The second kappa shape index (κ2) is 9.41. The van der Waals surface area contributed by atoms with E-state index in [4.69, 9.17) is 17.3 Å². The number of nitrogens with one attached hydrogen (secondary N) is 1. The fourth-order valence-electron chi connectivity index (χ4n) is 2.64. The molecule has 1 saturated carbocycles. The Morgan fingerprint density at radius 1 is 1.30 bits per heavy atom. The average Bonchev–Trinajstić information content (AvgIpc) is 3.46.